The van der Waals surface area contributed by atoms with E-state index in [0.29, 0.717) is 45.6 Å². The van der Waals surface area contributed by atoms with Crippen molar-refractivity contribution < 1.29 is 14.7 Å². The van der Waals surface area contributed by atoms with Crippen LogP contribution in [0.1, 0.15) is 12.8 Å². The van der Waals surface area contributed by atoms with Gasteiger partial charge in [-0.3, -0.25) is 9.88 Å². The summed E-state index contributed by atoms with van der Waals surface area (Å²) in [4.78, 5) is 34.7. The summed E-state index contributed by atoms with van der Waals surface area (Å²) in [7, 11) is 0. The first-order valence-corrected chi connectivity index (χ1v) is 9.88. The minimum Gasteiger partial charge on any atom is -0.480 e. The number of piperidine rings is 1. The van der Waals surface area contributed by atoms with Crippen molar-refractivity contribution >= 4 is 23.3 Å². The second-order valence-electron chi connectivity index (χ2n) is 7.39. The van der Waals surface area contributed by atoms with Crippen LogP contribution in [-0.4, -0.2) is 65.2 Å². The van der Waals surface area contributed by atoms with Crippen LogP contribution in [0.2, 0.25) is 0 Å². The van der Waals surface area contributed by atoms with E-state index < -0.39 is 11.5 Å². The lowest BCUT2D eigenvalue weighted by Gasteiger charge is -2.50. The number of aromatic nitrogens is 1. The molecule has 0 saturated carbocycles. The molecule has 0 bridgehead atoms. The van der Waals surface area contributed by atoms with Crippen molar-refractivity contribution in [1.29, 1.82) is 0 Å². The SMILES string of the molecule is O=C=C1N(c2ccccc2)CCCC1(C(=O)O)N1CCN(c2ccncc2)CC1. The molecule has 1 atom stereocenters. The Morgan fingerprint density at radius 2 is 1.66 bits per heavy atom. The number of nitrogens with zero attached hydrogens (tertiary/aromatic N) is 4. The van der Waals surface area contributed by atoms with E-state index in [9.17, 15) is 14.7 Å². The zero-order chi connectivity index (χ0) is 20.3. The summed E-state index contributed by atoms with van der Waals surface area (Å²) in [5, 5.41) is 10.3. The highest BCUT2D eigenvalue weighted by Crippen LogP contribution is 2.39. The molecule has 1 aromatic heterocycles. The first-order chi connectivity index (χ1) is 14.2. The van der Waals surface area contributed by atoms with E-state index in [0.717, 1.165) is 11.4 Å². The maximum atomic E-state index is 12.6. The average molecular weight is 392 g/mol. The van der Waals surface area contributed by atoms with Crippen LogP contribution in [0.5, 0.6) is 0 Å². The van der Waals surface area contributed by atoms with Crippen LogP contribution < -0.4 is 9.80 Å². The molecule has 1 aromatic carbocycles. The minimum absolute atomic E-state index is 0.208. The zero-order valence-electron chi connectivity index (χ0n) is 16.2. The van der Waals surface area contributed by atoms with Gasteiger partial charge in [0.25, 0.3) is 0 Å². The number of pyridine rings is 1. The third-order valence-electron chi connectivity index (χ3n) is 5.95. The average Bonchev–Trinajstić information content (AvgIpc) is 2.79. The molecule has 29 heavy (non-hydrogen) atoms. The summed E-state index contributed by atoms with van der Waals surface area (Å²) in [6.45, 7) is 3.11. The van der Waals surface area contributed by atoms with Gasteiger partial charge in [-0.2, -0.15) is 0 Å². The van der Waals surface area contributed by atoms with Crippen LogP contribution in [0.4, 0.5) is 11.4 Å². The van der Waals surface area contributed by atoms with E-state index in [4.69, 9.17) is 0 Å². The predicted molar refractivity (Wildman–Crippen MR) is 111 cm³/mol. The standard InChI is InChI=1S/C22H24N4O3/c27-17-20-22(21(28)29,9-4-12-26(20)19-5-2-1-3-6-19)25-15-13-24(14-16-25)18-7-10-23-11-8-18/h1-3,5-8,10-11H,4,9,12-16H2,(H,28,29). The molecular weight excluding hydrogens is 368 g/mol. The summed E-state index contributed by atoms with van der Waals surface area (Å²) >= 11 is 0. The molecule has 3 heterocycles. The fourth-order valence-electron chi connectivity index (χ4n) is 4.50. The number of hydrogen-bond acceptors (Lipinski definition) is 6. The second-order valence-corrected chi connectivity index (χ2v) is 7.39. The third kappa shape index (κ3) is 3.39. The first kappa shape index (κ1) is 19.2. The molecule has 0 radical (unpaired) electrons. The fourth-order valence-corrected chi connectivity index (χ4v) is 4.50. The Kier molecular flexibility index (Phi) is 5.34. The van der Waals surface area contributed by atoms with Gasteiger partial charge in [0, 0.05) is 56.5 Å². The summed E-state index contributed by atoms with van der Waals surface area (Å²) in [6, 6.07) is 13.4. The first-order valence-electron chi connectivity index (χ1n) is 9.88. The number of anilines is 2. The molecule has 2 saturated heterocycles. The topological polar surface area (TPSA) is 77.0 Å². The molecule has 4 rings (SSSR count). The molecule has 2 aliphatic heterocycles. The molecule has 0 amide bonds. The Hall–Kier alpha value is -3.15. The molecule has 1 N–H and O–H groups in total. The maximum absolute atomic E-state index is 12.6. The number of carbonyl (C=O) groups is 1. The van der Waals surface area contributed by atoms with Gasteiger partial charge in [-0.05, 0) is 37.1 Å². The highest BCUT2D eigenvalue weighted by molar-refractivity contribution is 5.90. The number of carboxylic acids is 1. The lowest BCUT2D eigenvalue weighted by atomic mass is 9.83. The molecule has 150 valence electrons. The van der Waals surface area contributed by atoms with E-state index in [1.165, 1.54) is 0 Å². The number of piperazine rings is 1. The largest absolute Gasteiger partial charge is 0.480 e. The van der Waals surface area contributed by atoms with Gasteiger partial charge < -0.3 is 14.9 Å². The lowest BCUT2D eigenvalue weighted by molar-refractivity contribution is -0.150. The van der Waals surface area contributed by atoms with Crippen LogP contribution in [0.3, 0.4) is 0 Å². The van der Waals surface area contributed by atoms with Gasteiger partial charge in [-0.15, -0.1) is 0 Å². The van der Waals surface area contributed by atoms with E-state index in [1.807, 2.05) is 58.2 Å². The van der Waals surface area contributed by atoms with Gasteiger partial charge in [0.05, 0.1) is 0 Å². The second kappa shape index (κ2) is 8.07. The van der Waals surface area contributed by atoms with Crippen LogP contribution in [0.25, 0.3) is 0 Å². The highest BCUT2D eigenvalue weighted by Gasteiger charge is 2.53. The molecule has 0 aliphatic carbocycles. The third-order valence-corrected chi connectivity index (χ3v) is 5.95. The number of rotatable bonds is 4. The molecular formula is C22H24N4O3. The van der Waals surface area contributed by atoms with Gasteiger partial charge in [0.1, 0.15) is 11.6 Å². The maximum Gasteiger partial charge on any atom is 0.331 e. The quantitative estimate of drug-likeness (QED) is 0.798. The zero-order valence-corrected chi connectivity index (χ0v) is 16.2. The molecule has 1 unspecified atom stereocenters. The van der Waals surface area contributed by atoms with Crippen LogP contribution >= 0.6 is 0 Å². The van der Waals surface area contributed by atoms with Gasteiger partial charge in [0.2, 0.25) is 0 Å². The summed E-state index contributed by atoms with van der Waals surface area (Å²) in [6.07, 6.45) is 4.61. The molecule has 7 heteroatoms. The Labute approximate surface area is 169 Å². The van der Waals surface area contributed by atoms with Crippen LogP contribution in [0, 0.1) is 0 Å². The van der Waals surface area contributed by atoms with Crippen LogP contribution in [0.15, 0.2) is 60.6 Å². The highest BCUT2D eigenvalue weighted by atomic mass is 16.4. The summed E-state index contributed by atoms with van der Waals surface area (Å²) in [5.41, 5.74) is 0.760. The number of para-hydroxylation sites is 1. The number of carbonyl (C=O) groups excluding carboxylic acids is 1. The van der Waals surface area contributed by atoms with Crippen molar-refractivity contribution in [3.63, 3.8) is 0 Å². The van der Waals surface area contributed by atoms with Gasteiger partial charge in [-0.25, -0.2) is 9.59 Å². The van der Waals surface area contributed by atoms with E-state index in [2.05, 4.69) is 9.88 Å². The molecule has 2 aromatic rings. The number of aliphatic carboxylic acids is 1. The van der Waals surface area contributed by atoms with Crippen molar-refractivity contribution in [3.05, 3.63) is 60.6 Å². The smallest absolute Gasteiger partial charge is 0.331 e. The molecule has 7 nitrogen and oxygen atoms in total. The fraction of sp³-hybridized carbons (Fsp3) is 0.364. The summed E-state index contributed by atoms with van der Waals surface area (Å²) in [5.74, 6) is 1.04. The normalized spacial score (nSPS) is 23.0. The number of carboxylic acid groups (broad SMARTS) is 1. The monoisotopic (exact) mass is 392 g/mol. The van der Waals surface area contributed by atoms with Gasteiger partial charge in [0.15, 0.2) is 5.54 Å². The number of hydrogen-bond donors (Lipinski definition) is 1. The Morgan fingerprint density at radius 1 is 0.966 bits per heavy atom. The Balaban J connectivity index is 1.62. The van der Waals surface area contributed by atoms with Crippen LogP contribution in [-0.2, 0) is 9.59 Å². The number of benzene rings is 1. The Morgan fingerprint density at radius 3 is 2.28 bits per heavy atom. The summed E-state index contributed by atoms with van der Waals surface area (Å²) < 4.78 is 0. The Bertz CT molecular complexity index is 906. The molecule has 2 fully saturated rings. The molecule has 2 aliphatic rings. The van der Waals surface area contributed by atoms with Gasteiger partial charge in [-0.1, -0.05) is 18.2 Å². The minimum atomic E-state index is -1.35. The van der Waals surface area contributed by atoms with E-state index >= 15 is 0 Å². The van der Waals surface area contributed by atoms with Crippen molar-refractivity contribution in [2.45, 2.75) is 18.4 Å². The van der Waals surface area contributed by atoms with E-state index in [1.54, 1.807) is 12.4 Å². The van der Waals surface area contributed by atoms with Gasteiger partial charge >= 0.3 is 5.97 Å². The van der Waals surface area contributed by atoms with Crippen molar-refractivity contribution in [2.24, 2.45) is 0 Å². The van der Waals surface area contributed by atoms with Crippen molar-refractivity contribution in [1.82, 2.24) is 9.88 Å². The molecule has 0 spiro atoms. The van der Waals surface area contributed by atoms with Crippen molar-refractivity contribution in [3.8, 4) is 0 Å². The predicted octanol–water partition coefficient (Wildman–Crippen LogP) is 2.04. The van der Waals surface area contributed by atoms with Crippen molar-refractivity contribution in [2.75, 3.05) is 42.5 Å². The van der Waals surface area contributed by atoms with E-state index in [-0.39, 0.29) is 5.70 Å². The lowest BCUT2D eigenvalue weighted by Crippen LogP contribution is -2.65.